The lowest BCUT2D eigenvalue weighted by Gasteiger charge is -2.39. The van der Waals surface area contributed by atoms with Crippen molar-refractivity contribution in [2.75, 3.05) is 12.5 Å². The number of amides is 2. The molecular weight excluding hydrogens is 911 g/mol. The van der Waals surface area contributed by atoms with Gasteiger partial charge >= 0.3 is 24.2 Å². The van der Waals surface area contributed by atoms with Gasteiger partial charge in [0.15, 0.2) is 9.49 Å². The van der Waals surface area contributed by atoms with Gasteiger partial charge in [-0.2, -0.15) is 53.4 Å². The van der Waals surface area contributed by atoms with E-state index in [0.29, 0.717) is 11.1 Å². The molecular formula is C38H30F6N6O8S4. The van der Waals surface area contributed by atoms with E-state index in [1.165, 1.54) is 84.9 Å². The van der Waals surface area contributed by atoms with E-state index < -0.39 is 89.5 Å². The third-order valence-electron chi connectivity index (χ3n) is 10.4. The molecule has 62 heavy (non-hydrogen) atoms. The van der Waals surface area contributed by atoms with Crippen LogP contribution in [0.25, 0.3) is 22.5 Å². The van der Waals surface area contributed by atoms with Crippen molar-refractivity contribution >= 4 is 67.0 Å². The standard InChI is InChI=1S/C38H30F6N6O8S4/c1-59-29-15-19(11-13-25(29)35(61(53,54)55)17-27(49-45)31(47-33(51)37(39,40)41)21-7-3-5-9-23(21)35)20-12-14-26(30(16-20)60-2)36(62(56,57)58)18-28(50-46)32(48-34(52)38(42,43)44)22-8-4-6-10-24(22)36/h3-16,45-46H,17-18H2,1-2H3,(H,47,51)(H,48,52)(H,53,54,55)(H,56,57,58)/b49-45+,50-46+. The highest BCUT2D eigenvalue weighted by Crippen LogP contribution is 2.54. The molecule has 4 aromatic rings. The number of alkyl halides is 6. The first-order valence-corrected chi connectivity index (χ1v) is 22.7. The fourth-order valence-electron chi connectivity index (χ4n) is 7.70. The number of rotatable bonds is 11. The van der Waals surface area contributed by atoms with Gasteiger partial charge in [-0.05, 0) is 58.0 Å². The summed E-state index contributed by atoms with van der Waals surface area (Å²) in [5.41, 5.74) is 2.85. The molecule has 0 bridgehead atoms. The number of hydrogen-bond acceptors (Lipinski definition) is 12. The zero-order chi connectivity index (χ0) is 47.2. The molecule has 6 N–H and O–H groups in total. The average Bonchev–Trinajstić information content (AvgIpc) is 3.23. The van der Waals surface area contributed by atoms with Crippen LogP contribution in [0.4, 0.5) is 26.3 Å². The summed E-state index contributed by atoms with van der Waals surface area (Å²) < 4.78 is 167. The van der Waals surface area contributed by atoms with Crippen LogP contribution in [0.2, 0.25) is 2.82 Å². The van der Waals surface area contributed by atoms with Crippen LogP contribution < -0.4 is 10.6 Å². The lowest BCUT2D eigenvalue weighted by atomic mass is 9.77. The first-order valence-electron chi connectivity index (χ1n) is 18.2. The quantitative estimate of drug-likeness (QED) is 0.0362. The number of carbonyl (C=O) groups excluding carboxylic acids is 2. The molecule has 0 fully saturated rings. The molecule has 2 aliphatic rings. The number of thioether (sulfide) groups is 2. The Morgan fingerprint density at radius 1 is 0.645 bits per heavy atom. The third kappa shape index (κ3) is 7.71. The molecule has 4 aromatic carbocycles. The van der Waals surface area contributed by atoms with E-state index >= 15 is 0 Å². The van der Waals surface area contributed by atoms with E-state index in [2.05, 4.69) is 21.3 Å². The normalized spacial score (nSPS) is 20.2. The van der Waals surface area contributed by atoms with Crippen molar-refractivity contribution in [2.24, 2.45) is 10.2 Å². The van der Waals surface area contributed by atoms with Crippen molar-refractivity contribution in [1.82, 2.24) is 10.6 Å². The van der Waals surface area contributed by atoms with Crippen LogP contribution >= 0.6 is 23.5 Å². The molecule has 2 aliphatic carbocycles. The van der Waals surface area contributed by atoms with Crippen molar-refractivity contribution in [3.8, 4) is 11.1 Å². The highest BCUT2D eigenvalue weighted by Gasteiger charge is 2.55. The Morgan fingerprint density at radius 2 is 1.00 bits per heavy atom. The second-order valence-corrected chi connectivity index (χ2v) is 18.6. The maximum absolute atomic E-state index is 13.8. The van der Waals surface area contributed by atoms with E-state index in [1.807, 2.05) is 0 Å². The van der Waals surface area contributed by atoms with Gasteiger partial charge in [-0.25, -0.2) is 11.0 Å². The molecule has 24 heteroatoms. The van der Waals surface area contributed by atoms with E-state index in [4.69, 9.17) is 2.82 Å². The predicted octanol–water partition coefficient (Wildman–Crippen LogP) is 8.62. The maximum atomic E-state index is 13.8. The van der Waals surface area contributed by atoms with Crippen LogP contribution in [0, 0.1) is 11.0 Å². The molecule has 0 saturated carbocycles. The van der Waals surface area contributed by atoms with Gasteiger partial charge < -0.3 is 10.6 Å². The fraction of sp³-hybridized carbons (Fsp3) is 0.211. The van der Waals surface area contributed by atoms with Crippen LogP contribution in [0.3, 0.4) is 0 Å². The SMILES string of the molecule is [H]/N=N/C1=C(NC(=O)C(F)(F)F)c2ccccc2C(c2ccc(-c3ccc(C4(S(=O)(=O)O)CC(/N=N/[H])=C(NC(=O)C(F)(F)F)c5ccccc54)c(SC)c3)cc2SC)(S(=O)(=O)O)C1. The van der Waals surface area contributed by atoms with Gasteiger partial charge in [0.25, 0.3) is 20.2 Å². The number of hydrogen-bond donors (Lipinski definition) is 6. The molecule has 0 spiro atoms. The van der Waals surface area contributed by atoms with Crippen LogP contribution in [0.5, 0.6) is 0 Å². The second-order valence-electron chi connectivity index (χ2n) is 13.6. The van der Waals surface area contributed by atoms with Gasteiger partial charge in [-0.3, -0.25) is 18.7 Å². The van der Waals surface area contributed by atoms with E-state index in [1.54, 1.807) is 23.1 Å². The Bertz CT molecular complexity index is 2750. The van der Waals surface area contributed by atoms with Gasteiger partial charge in [0.05, 0.1) is 22.8 Å². The summed E-state index contributed by atoms with van der Waals surface area (Å²) in [6, 6.07) is 18.7. The smallest absolute Gasteiger partial charge is 0.316 e. The zero-order valence-electron chi connectivity index (χ0n) is 33.5. The van der Waals surface area contributed by atoms with Crippen LogP contribution in [0.1, 0.15) is 46.2 Å². The van der Waals surface area contributed by atoms with Crippen molar-refractivity contribution in [3.63, 3.8) is 0 Å². The third-order valence-corrected chi connectivity index (χ3v) is 14.9. The lowest BCUT2D eigenvalue weighted by Crippen LogP contribution is -2.43. The van der Waals surface area contributed by atoms with Crippen molar-refractivity contribution < 1.29 is 64.7 Å². The fourth-order valence-corrected chi connectivity index (χ4v) is 11.7. The van der Waals surface area contributed by atoms with Crippen molar-refractivity contribution in [3.05, 3.63) is 130 Å². The number of carbonyl (C=O) groups is 2. The molecule has 2 unspecified atom stereocenters. The second kappa shape index (κ2) is 16.4. The molecule has 2 amide bonds. The van der Waals surface area contributed by atoms with Gasteiger partial charge in [0.2, 0.25) is 2.82 Å². The Morgan fingerprint density at radius 3 is 1.31 bits per heavy atom. The highest BCUT2D eigenvalue weighted by atomic mass is 32.2. The maximum Gasteiger partial charge on any atom is 0.471 e. The van der Waals surface area contributed by atoms with Crippen LogP contribution in [-0.4, -0.2) is 62.6 Å². The minimum absolute atomic E-state index is 0.0975. The topological polar surface area (TPSA) is 239 Å². The number of allylic oxidation sites excluding steroid dienone is 2. The Hall–Kier alpha value is -5.40. The summed E-state index contributed by atoms with van der Waals surface area (Å²) in [4.78, 5) is 24.6. The Kier molecular flexibility index (Phi) is 11.4. The van der Waals surface area contributed by atoms with Gasteiger partial charge in [-0.15, -0.1) is 23.5 Å². The lowest BCUT2D eigenvalue weighted by molar-refractivity contribution is -0.172. The number of benzene rings is 4. The molecule has 2 atom stereocenters. The molecule has 0 aliphatic heterocycles. The molecule has 0 radical (unpaired) electrons. The monoisotopic (exact) mass is 940 g/mol. The first kappa shape index (κ1) is 43.3. The van der Waals surface area contributed by atoms with E-state index in [9.17, 15) is 61.9 Å². The molecule has 6 rings (SSSR count). The average molecular weight is 941 g/mol. The predicted molar refractivity (Wildman–Crippen MR) is 215 cm³/mol. The summed E-state index contributed by atoms with van der Waals surface area (Å²) in [5.74, 6) is -4.85. The molecule has 0 heterocycles. The molecule has 0 aromatic heterocycles. The largest absolute Gasteiger partial charge is 0.471 e. The summed E-state index contributed by atoms with van der Waals surface area (Å²) in [6.45, 7) is 0. The number of fused-ring (bicyclic) bond motifs is 2. The van der Waals surface area contributed by atoms with Crippen molar-refractivity contribution in [1.29, 1.82) is 11.0 Å². The number of nitrogens with one attached hydrogen (secondary N) is 4. The summed E-state index contributed by atoms with van der Waals surface area (Å²) >= 11 is 2.00. The first-order chi connectivity index (χ1) is 29.9. The van der Waals surface area contributed by atoms with Crippen LogP contribution in [0.15, 0.2) is 116 Å². The Balaban J connectivity index is 1.54. The molecule has 14 nitrogen and oxygen atoms in total. The number of nitrogens with zero attached hydrogens (tertiary/aromatic N) is 2. The van der Waals surface area contributed by atoms with E-state index in [-0.39, 0.29) is 43.2 Å². The van der Waals surface area contributed by atoms with Gasteiger partial charge in [0.1, 0.15) is 0 Å². The van der Waals surface area contributed by atoms with Crippen LogP contribution in [-0.2, 0) is 39.3 Å². The summed E-state index contributed by atoms with van der Waals surface area (Å²) in [6.07, 6.45) is -9.47. The van der Waals surface area contributed by atoms with Gasteiger partial charge in [-0.1, -0.05) is 72.8 Å². The van der Waals surface area contributed by atoms with Crippen molar-refractivity contribution in [2.45, 2.75) is 44.5 Å². The van der Waals surface area contributed by atoms with Gasteiger partial charge in [0, 0.05) is 33.8 Å². The summed E-state index contributed by atoms with van der Waals surface area (Å²) in [7, 11) is -10.7. The highest BCUT2D eigenvalue weighted by molar-refractivity contribution is 7.99. The molecule has 0 saturated heterocycles. The number of halogens is 6. The molecule has 326 valence electrons. The zero-order valence-corrected chi connectivity index (χ0v) is 34.8. The summed E-state index contributed by atoms with van der Waals surface area (Å²) in [5, 5.41) is 10.5. The van der Waals surface area contributed by atoms with E-state index in [0.717, 1.165) is 23.5 Å². The Labute approximate surface area is 360 Å². The minimum atomic E-state index is -5.39. The minimum Gasteiger partial charge on any atom is -0.316 e.